The van der Waals surface area contributed by atoms with Gasteiger partial charge in [-0.15, -0.1) is 0 Å². The van der Waals surface area contributed by atoms with Crippen molar-refractivity contribution < 1.29 is 9.59 Å². The second-order valence-corrected chi connectivity index (χ2v) is 6.40. The lowest BCUT2D eigenvalue weighted by atomic mass is 10.0. The summed E-state index contributed by atoms with van der Waals surface area (Å²) >= 11 is 6.17. The van der Waals surface area contributed by atoms with Crippen LogP contribution in [0.25, 0.3) is 0 Å². The van der Waals surface area contributed by atoms with Gasteiger partial charge in [0.2, 0.25) is 11.8 Å². The largest absolute Gasteiger partial charge is 0.349 e. The van der Waals surface area contributed by atoms with Gasteiger partial charge in [-0.05, 0) is 30.7 Å². The van der Waals surface area contributed by atoms with Crippen LogP contribution in [0.1, 0.15) is 24.9 Å². The molecule has 24 heavy (non-hydrogen) atoms. The topological polar surface area (TPSA) is 49.4 Å². The second-order valence-electron chi connectivity index (χ2n) is 5.99. The number of amides is 2. The third-order valence-electron chi connectivity index (χ3n) is 4.29. The van der Waals surface area contributed by atoms with Crippen LogP contribution in [0, 0.1) is 5.92 Å². The summed E-state index contributed by atoms with van der Waals surface area (Å²) in [6.45, 7) is 2.30. The van der Waals surface area contributed by atoms with E-state index < -0.39 is 0 Å². The molecule has 124 valence electrons. The minimum atomic E-state index is -0.345. The molecule has 1 aliphatic rings. The smallest absolute Gasteiger partial charge is 0.227 e. The summed E-state index contributed by atoms with van der Waals surface area (Å²) in [5.74, 6) is -0.483. The Morgan fingerprint density at radius 1 is 1.17 bits per heavy atom. The predicted molar refractivity (Wildman–Crippen MR) is 94.9 cm³/mol. The summed E-state index contributed by atoms with van der Waals surface area (Å²) in [6, 6.07) is 16.7. The number of para-hydroxylation sites is 1. The van der Waals surface area contributed by atoms with Crippen molar-refractivity contribution >= 4 is 29.1 Å². The van der Waals surface area contributed by atoms with Crippen molar-refractivity contribution in [1.82, 2.24) is 5.32 Å². The number of nitrogens with one attached hydrogen (secondary N) is 1. The minimum absolute atomic E-state index is 0.0215. The van der Waals surface area contributed by atoms with Crippen LogP contribution in [0.15, 0.2) is 54.6 Å². The molecule has 1 N–H and O–H groups in total. The summed E-state index contributed by atoms with van der Waals surface area (Å²) in [7, 11) is 0. The fourth-order valence-electron chi connectivity index (χ4n) is 2.98. The van der Waals surface area contributed by atoms with Crippen LogP contribution in [-0.2, 0) is 9.59 Å². The predicted octanol–water partition coefficient (Wildman–Crippen LogP) is 3.57. The van der Waals surface area contributed by atoms with Crippen LogP contribution >= 0.6 is 11.6 Å². The van der Waals surface area contributed by atoms with E-state index in [0.29, 0.717) is 11.6 Å². The third-order valence-corrected chi connectivity index (χ3v) is 4.64. The lowest BCUT2D eigenvalue weighted by Crippen LogP contribution is -2.34. The van der Waals surface area contributed by atoms with E-state index in [9.17, 15) is 9.59 Å². The summed E-state index contributed by atoms with van der Waals surface area (Å²) in [5.41, 5.74) is 1.70. The Morgan fingerprint density at radius 3 is 2.54 bits per heavy atom. The highest BCUT2D eigenvalue weighted by molar-refractivity contribution is 6.31. The van der Waals surface area contributed by atoms with E-state index in [1.165, 1.54) is 0 Å². The number of anilines is 1. The van der Waals surface area contributed by atoms with Crippen LogP contribution < -0.4 is 10.2 Å². The van der Waals surface area contributed by atoms with Gasteiger partial charge in [0.15, 0.2) is 0 Å². The Balaban J connectivity index is 1.66. The van der Waals surface area contributed by atoms with Crippen molar-refractivity contribution in [3.05, 3.63) is 65.2 Å². The highest BCUT2D eigenvalue weighted by Gasteiger charge is 2.35. The summed E-state index contributed by atoms with van der Waals surface area (Å²) in [6.07, 6.45) is 0.232. The van der Waals surface area contributed by atoms with E-state index >= 15 is 0 Å². The van der Waals surface area contributed by atoms with Gasteiger partial charge in [-0.25, -0.2) is 0 Å². The van der Waals surface area contributed by atoms with Crippen molar-refractivity contribution in [3.63, 3.8) is 0 Å². The molecule has 1 saturated heterocycles. The van der Waals surface area contributed by atoms with Gasteiger partial charge in [0.1, 0.15) is 0 Å². The maximum absolute atomic E-state index is 12.5. The molecule has 5 heteroatoms. The van der Waals surface area contributed by atoms with Crippen molar-refractivity contribution in [2.24, 2.45) is 5.92 Å². The van der Waals surface area contributed by atoms with Crippen LogP contribution in [0.3, 0.4) is 0 Å². The van der Waals surface area contributed by atoms with Crippen LogP contribution in [0.4, 0.5) is 5.69 Å². The first-order chi connectivity index (χ1) is 11.6. The molecule has 0 radical (unpaired) electrons. The van der Waals surface area contributed by atoms with E-state index in [0.717, 1.165) is 11.3 Å². The van der Waals surface area contributed by atoms with E-state index in [2.05, 4.69) is 5.32 Å². The number of rotatable bonds is 4. The van der Waals surface area contributed by atoms with Crippen molar-refractivity contribution in [2.45, 2.75) is 19.4 Å². The molecule has 3 rings (SSSR count). The van der Waals surface area contributed by atoms with Gasteiger partial charge in [0.05, 0.1) is 12.0 Å². The van der Waals surface area contributed by atoms with Crippen molar-refractivity contribution in [3.8, 4) is 0 Å². The van der Waals surface area contributed by atoms with Gasteiger partial charge >= 0.3 is 0 Å². The first-order valence-corrected chi connectivity index (χ1v) is 8.34. The Bertz CT molecular complexity index is 748. The second kappa shape index (κ2) is 7.05. The number of halogens is 1. The van der Waals surface area contributed by atoms with Gasteiger partial charge in [-0.1, -0.05) is 48.0 Å². The van der Waals surface area contributed by atoms with E-state index in [4.69, 9.17) is 11.6 Å². The maximum atomic E-state index is 12.5. The molecule has 0 bridgehead atoms. The molecule has 0 aliphatic carbocycles. The van der Waals surface area contributed by atoms with Gasteiger partial charge < -0.3 is 10.2 Å². The minimum Gasteiger partial charge on any atom is -0.349 e. The van der Waals surface area contributed by atoms with Crippen LogP contribution in [0.2, 0.25) is 5.02 Å². The molecular formula is C19H19ClN2O2. The molecule has 1 heterocycles. The lowest BCUT2D eigenvalue weighted by molar-refractivity contribution is -0.126. The first-order valence-electron chi connectivity index (χ1n) is 7.96. The number of carbonyl (C=O) groups is 2. The Kier molecular flexibility index (Phi) is 4.86. The number of benzene rings is 2. The molecule has 1 fully saturated rings. The molecule has 2 aromatic rings. The Hall–Kier alpha value is -2.33. The normalized spacial score (nSPS) is 18.5. The standard InChI is InChI=1S/C19H19ClN2O2/c1-13(16-9-5-6-10-17(16)20)21-19(24)14-11-18(23)22(12-14)15-7-3-2-4-8-15/h2-10,13-14H,11-12H2,1H3,(H,21,24). The molecule has 2 aromatic carbocycles. The van der Waals surface area contributed by atoms with Crippen molar-refractivity contribution in [1.29, 1.82) is 0 Å². The molecule has 2 atom stereocenters. The quantitative estimate of drug-likeness (QED) is 0.923. The zero-order chi connectivity index (χ0) is 17.1. The lowest BCUT2D eigenvalue weighted by Gasteiger charge is -2.19. The highest BCUT2D eigenvalue weighted by atomic mass is 35.5. The maximum Gasteiger partial charge on any atom is 0.227 e. The highest BCUT2D eigenvalue weighted by Crippen LogP contribution is 2.27. The molecule has 2 unspecified atom stereocenters. The van der Waals surface area contributed by atoms with E-state index in [1.54, 1.807) is 11.0 Å². The molecule has 0 aromatic heterocycles. The molecule has 0 spiro atoms. The molecule has 2 amide bonds. The fraction of sp³-hybridized carbons (Fsp3) is 0.263. The van der Waals surface area contributed by atoms with E-state index in [1.807, 2.05) is 55.5 Å². The molecular weight excluding hydrogens is 324 g/mol. The van der Waals surface area contributed by atoms with E-state index in [-0.39, 0.29) is 30.2 Å². The Morgan fingerprint density at radius 2 is 1.83 bits per heavy atom. The number of nitrogens with zero attached hydrogens (tertiary/aromatic N) is 1. The summed E-state index contributed by atoms with van der Waals surface area (Å²) in [4.78, 5) is 26.4. The van der Waals surface area contributed by atoms with Crippen molar-refractivity contribution in [2.75, 3.05) is 11.4 Å². The zero-order valence-electron chi connectivity index (χ0n) is 13.4. The zero-order valence-corrected chi connectivity index (χ0v) is 14.2. The number of hydrogen-bond donors (Lipinski definition) is 1. The third kappa shape index (κ3) is 3.44. The van der Waals surface area contributed by atoms with Crippen LogP contribution in [-0.4, -0.2) is 18.4 Å². The summed E-state index contributed by atoms with van der Waals surface area (Å²) < 4.78 is 0. The molecule has 0 saturated carbocycles. The van der Waals surface area contributed by atoms with Crippen LogP contribution in [0.5, 0.6) is 0 Å². The number of carbonyl (C=O) groups excluding carboxylic acids is 2. The average Bonchev–Trinajstić information content (AvgIpc) is 2.98. The first kappa shape index (κ1) is 16.5. The molecule has 1 aliphatic heterocycles. The SMILES string of the molecule is CC(NC(=O)C1CC(=O)N(c2ccccc2)C1)c1ccccc1Cl. The number of hydrogen-bond acceptors (Lipinski definition) is 2. The van der Waals surface area contributed by atoms with Gasteiger partial charge in [-0.2, -0.15) is 0 Å². The summed E-state index contributed by atoms with van der Waals surface area (Å²) in [5, 5.41) is 3.59. The molecule has 4 nitrogen and oxygen atoms in total. The average molecular weight is 343 g/mol. The van der Waals surface area contributed by atoms with Gasteiger partial charge in [-0.3, -0.25) is 9.59 Å². The fourth-order valence-corrected chi connectivity index (χ4v) is 3.28. The monoisotopic (exact) mass is 342 g/mol. The Labute approximate surface area is 146 Å². The van der Waals surface area contributed by atoms with Gasteiger partial charge in [0, 0.05) is 23.7 Å². The van der Waals surface area contributed by atoms with Gasteiger partial charge in [0.25, 0.3) is 0 Å².